The highest BCUT2D eigenvalue weighted by molar-refractivity contribution is 5.94. The van der Waals surface area contributed by atoms with Crippen molar-refractivity contribution in [1.29, 1.82) is 0 Å². The van der Waals surface area contributed by atoms with Crippen LogP contribution in [0.2, 0.25) is 0 Å². The molecule has 0 fully saturated rings. The minimum Gasteiger partial charge on any atom is -0.443 e. The summed E-state index contributed by atoms with van der Waals surface area (Å²) in [5.41, 5.74) is -2.10. The van der Waals surface area contributed by atoms with Crippen LogP contribution in [0, 0.1) is 11.6 Å². The summed E-state index contributed by atoms with van der Waals surface area (Å²) in [6.45, 7) is 9.12. The topological polar surface area (TPSA) is 90.2 Å². The lowest BCUT2D eigenvalue weighted by atomic mass is 9.87. The highest BCUT2D eigenvalue weighted by atomic mass is 19.4. The van der Waals surface area contributed by atoms with Gasteiger partial charge in [-0.05, 0) is 84.2 Å². The molecule has 1 aliphatic rings. The standard InChI is InChI=1S/C33H39F5N2O6/c1-18-14-21-20-10-8-9-11-24(20)40(29(42)45-31(2,3)4)27(21)28(39(18)17-33(36,37)38)26-22(34)15-19(16-23(26)35)25(12-13-41)44-30(43)46-32(5,6)7/h8-11,15-16,18,25,28,41H,12-14,17H2,1-7H3/t18-,25-,28-/m1/s1. The second kappa shape index (κ2) is 12.8. The van der Waals surface area contributed by atoms with Crippen molar-refractivity contribution in [3.05, 3.63) is 70.4 Å². The number of ether oxygens (including phenoxy) is 3. The van der Waals surface area contributed by atoms with E-state index in [0.717, 1.165) is 21.6 Å². The summed E-state index contributed by atoms with van der Waals surface area (Å²) in [5, 5.41) is 10.1. The third-order valence-corrected chi connectivity index (χ3v) is 7.38. The largest absolute Gasteiger partial charge is 0.509 e. The van der Waals surface area contributed by atoms with Gasteiger partial charge in [0.15, 0.2) is 0 Å². The van der Waals surface area contributed by atoms with E-state index in [1.165, 1.54) is 6.92 Å². The van der Waals surface area contributed by atoms with Crippen molar-refractivity contribution in [2.45, 2.75) is 96.9 Å². The van der Waals surface area contributed by atoms with E-state index in [2.05, 4.69) is 0 Å². The maximum atomic E-state index is 16.3. The molecule has 3 aromatic rings. The molecule has 0 spiro atoms. The number of nitrogens with zero attached hydrogens (tertiary/aromatic N) is 2. The second-order valence-electron chi connectivity index (χ2n) is 13.4. The minimum absolute atomic E-state index is 0.0414. The molecule has 46 heavy (non-hydrogen) atoms. The number of aliphatic hydroxyl groups excluding tert-OH is 1. The van der Waals surface area contributed by atoms with Crippen LogP contribution in [0.4, 0.5) is 31.5 Å². The SMILES string of the molecule is C[C@@H]1Cc2c(n(C(=O)OC(C)(C)C)c3ccccc23)[C@@H](c2c(F)cc([C@@H](CCO)OC(=O)OC(C)(C)C)cc2F)N1CC(F)(F)F. The molecule has 8 nitrogen and oxygen atoms in total. The van der Waals surface area contributed by atoms with Gasteiger partial charge >= 0.3 is 18.4 Å². The van der Waals surface area contributed by atoms with Gasteiger partial charge in [-0.15, -0.1) is 0 Å². The number of benzene rings is 2. The van der Waals surface area contributed by atoms with E-state index in [0.29, 0.717) is 16.5 Å². The van der Waals surface area contributed by atoms with Crippen LogP contribution in [-0.2, 0) is 20.6 Å². The molecule has 0 aliphatic carbocycles. The fourth-order valence-corrected chi connectivity index (χ4v) is 5.77. The Labute approximate surface area is 264 Å². The molecule has 13 heteroatoms. The normalized spacial score (nSPS) is 18.3. The Morgan fingerprint density at radius 3 is 2.11 bits per heavy atom. The Hall–Kier alpha value is -3.71. The van der Waals surface area contributed by atoms with Crippen LogP contribution in [0.5, 0.6) is 0 Å². The smallest absolute Gasteiger partial charge is 0.443 e. The second-order valence-corrected chi connectivity index (χ2v) is 13.4. The molecule has 0 unspecified atom stereocenters. The molecule has 2 heterocycles. The highest BCUT2D eigenvalue weighted by Crippen LogP contribution is 2.46. The Morgan fingerprint density at radius 2 is 1.57 bits per heavy atom. The van der Waals surface area contributed by atoms with E-state index >= 15 is 8.78 Å². The molecule has 252 valence electrons. The van der Waals surface area contributed by atoms with Crippen molar-refractivity contribution in [1.82, 2.24) is 9.47 Å². The number of halogens is 5. The predicted molar refractivity (Wildman–Crippen MR) is 159 cm³/mol. The molecule has 1 aliphatic heterocycles. The van der Waals surface area contributed by atoms with Gasteiger partial charge in [-0.3, -0.25) is 4.90 Å². The van der Waals surface area contributed by atoms with Crippen molar-refractivity contribution in [3.63, 3.8) is 0 Å². The van der Waals surface area contributed by atoms with Crippen molar-refractivity contribution in [2.24, 2.45) is 0 Å². The van der Waals surface area contributed by atoms with Crippen LogP contribution in [0.15, 0.2) is 36.4 Å². The van der Waals surface area contributed by atoms with Gasteiger partial charge in [0.05, 0.1) is 23.8 Å². The van der Waals surface area contributed by atoms with Gasteiger partial charge < -0.3 is 19.3 Å². The fourth-order valence-electron chi connectivity index (χ4n) is 5.77. The molecule has 3 atom stereocenters. The number of hydrogen-bond acceptors (Lipinski definition) is 7. The summed E-state index contributed by atoms with van der Waals surface area (Å²) < 4.78 is 91.8. The monoisotopic (exact) mass is 654 g/mol. The van der Waals surface area contributed by atoms with E-state index in [-0.39, 0.29) is 24.1 Å². The lowest BCUT2D eigenvalue weighted by Crippen LogP contribution is -2.48. The molecule has 0 amide bonds. The summed E-state index contributed by atoms with van der Waals surface area (Å²) >= 11 is 0. The molecular weight excluding hydrogens is 615 g/mol. The first-order chi connectivity index (χ1) is 21.2. The average molecular weight is 655 g/mol. The first-order valence-electron chi connectivity index (χ1n) is 14.9. The van der Waals surface area contributed by atoms with E-state index in [1.54, 1.807) is 65.8 Å². The van der Waals surface area contributed by atoms with Crippen LogP contribution < -0.4 is 0 Å². The maximum absolute atomic E-state index is 16.3. The minimum atomic E-state index is -4.76. The highest BCUT2D eigenvalue weighted by Gasteiger charge is 2.46. The number of aliphatic hydroxyl groups is 1. The Kier molecular flexibility index (Phi) is 9.80. The molecule has 2 aromatic carbocycles. The lowest BCUT2D eigenvalue weighted by Gasteiger charge is -2.42. The van der Waals surface area contributed by atoms with Crippen molar-refractivity contribution in [2.75, 3.05) is 13.2 Å². The van der Waals surface area contributed by atoms with Crippen molar-refractivity contribution >= 4 is 23.2 Å². The van der Waals surface area contributed by atoms with Crippen molar-refractivity contribution in [3.8, 4) is 0 Å². The van der Waals surface area contributed by atoms with E-state index in [9.17, 15) is 27.9 Å². The van der Waals surface area contributed by atoms with E-state index < -0.39 is 78.2 Å². The van der Waals surface area contributed by atoms with Gasteiger partial charge in [-0.2, -0.15) is 13.2 Å². The number of alkyl halides is 3. The molecule has 4 rings (SSSR count). The van der Waals surface area contributed by atoms with E-state index in [1.807, 2.05) is 0 Å². The molecule has 0 saturated heterocycles. The third-order valence-electron chi connectivity index (χ3n) is 7.38. The van der Waals surface area contributed by atoms with Gasteiger partial charge in [0.1, 0.15) is 28.9 Å². The molecular formula is C33H39F5N2O6. The zero-order valence-electron chi connectivity index (χ0n) is 26.8. The van der Waals surface area contributed by atoms with Crippen molar-refractivity contribution < 1.29 is 50.9 Å². The van der Waals surface area contributed by atoms with Crippen LogP contribution in [0.25, 0.3) is 10.9 Å². The van der Waals surface area contributed by atoms with Crippen LogP contribution in [0.3, 0.4) is 0 Å². The number of rotatable bonds is 6. The van der Waals surface area contributed by atoms with Crippen LogP contribution in [-0.4, -0.2) is 63.4 Å². The van der Waals surface area contributed by atoms with Gasteiger partial charge in [-0.25, -0.2) is 22.9 Å². The number of carbonyl (C=O) groups excluding carboxylic acids is 2. The summed E-state index contributed by atoms with van der Waals surface area (Å²) in [6, 6.07) is 5.78. The van der Waals surface area contributed by atoms with Crippen LogP contribution >= 0.6 is 0 Å². The molecule has 0 radical (unpaired) electrons. The van der Waals surface area contributed by atoms with Gasteiger partial charge in [-0.1, -0.05) is 18.2 Å². The van der Waals surface area contributed by atoms with E-state index in [4.69, 9.17) is 14.2 Å². The van der Waals surface area contributed by atoms with Gasteiger partial charge in [0.25, 0.3) is 0 Å². The van der Waals surface area contributed by atoms with Gasteiger partial charge in [0, 0.05) is 30.0 Å². The molecule has 1 aromatic heterocycles. The Balaban J connectivity index is 1.95. The molecule has 0 saturated carbocycles. The first-order valence-corrected chi connectivity index (χ1v) is 14.9. The summed E-state index contributed by atoms with van der Waals surface area (Å²) in [7, 11) is 0. The number of hydrogen-bond donors (Lipinski definition) is 1. The average Bonchev–Trinajstić information content (AvgIpc) is 3.21. The summed E-state index contributed by atoms with van der Waals surface area (Å²) in [6.07, 6.45) is -8.33. The fraction of sp³-hybridized carbons (Fsp3) is 0.515. The quantitative estimate of drug-likeness (QED) is 0.213. The first kappa shape index (κ1) is 35.1. The summed E-state index contributed by atoms with van der Waals surface area (Å²) in [4.78, 5) is 27.0. The van der Waals surface area contributed by atoms with Gasteiger partial charge in [0.2, 0.25) is 0 Å². The number of fused-ring (bicyclic) bond motifs is 3. The maximum Gasteiger partial charge on any atom is 0.509 e. The Bertz CT molecular complexity index is 1580. The summed E-state index contributed by atoms with van der Waals surface area (Å²) in [5.74, 6) is -2.46. The number of para-hydroxylation sites is 1. The molecule has 1 N–H and O–H groups in total. The zero-order valence-corrected chi connectivity index (χ0v) is 26.8. The third kappa shape index (κ3) is 7.80. The predicted octanol–water partition coefficient (Wildman–Crippen LogP) is 7.98. The molecule has 0 bridgehead atoms. The lowest BCUT2D eigenvalue weighted by molar-refractivity contribution is -0.155. The number of carbonyl (C=O) groups is 2. The number of aromatic nitrogens is 1. The van der Waals surface area contributed by atoms with Crippen LogP contribution in [0.1, 0.15) is 89.4 Å². The Morgan fingerprint density at radius 1 is 0.978 bits per heavy atom. The zero-order chi connectivity index (χ0) is 34.4.